The number of methoxy groups -OCH3 is 2. The van der Waals surface area contributed by atoms with Gasteiger partial charge in [-0.15, -0.1) is 0 Å². The first-order chi connectivity index (χ1) is 14.6. The van der Waals surface area contributed by atoms with Crippen molar-refractivity contribution in [3.05, 3.63) is 88.3 Å². The van der Waals surface area contributed by atoms with Gasteiger partial charge in [0.1, 0.15) is 29.4 Å². The summed E-state index contributed by atoms with van der Waals surface area (Å²) in [6.45, 7) is 2.31. The molecule has 0 fully saturated rings. The van der Waals surface area contributed by atoms with Gasteiger partial charge in [0, 0.05) is 11.5 Å². The van der Waals surface area contributed by atoms with Crippen molar-refractivity contribution in [2.24, 2.45) is 0 Å². The zero-order chi connectivity index (χ0) is 21.1. The van der Waals surface area contributed by atoms with Crippen molar-refractivity contribution in [1.29, 1.82) is 0 Å². The van der Waals surface area contributed by atoms with Gasteiger partial charge in [0.2, 0.25) is 0 Å². The molecular formula is C25H22O5. The highest BCUT2D eigenvalue weighted by molar-refractivity contribution is 5.87. The monoisotopic (exact) mass is 402 g/mol. The number of hydrogen-bond acceptors (Lipinski definition) is 5. The van der Waals surface area contributed by atoms with E-state index in [-0.39, 0.29) is 5.63 Å². The van der Waals surface area contributed by atoms with Gasteiger partial charge in [-0.3, -0.25) is 0 Å². The highest BCUT2D eigenvalue weighted by Crippen LogP contribution is 2.30. The lowest BCUT2D eigenvalue weighted by molar-refractivity contribution is 0.305. The van der Waals surface area contributed by atoms with Crippen LogP contribution in [0, 0.1) is 6.92 Å². The summed E-state index contributed by atoms with van der Waals surface area (Å²) in [5.41, 5.74) is 3.32. The lowest BCUT2D eigenvalue weighted by Gasteiger charge is -2.11. The van der Waals surface area contributed by atoms with Crippen molar-refractivity contribution in [3.8, 4) is 28.4 Å². The first-order valence-corrected chi connectivity index (χ1v) is 9.56. The predicted octanol–water partition coefficient (Wildman–Crippen LogP) is 5.36. The van der Waals surface area contributed by atoms with E-state index in [1.165, 1.54) is 0 Å². The Kier molecular flexibility index (Phi) is 5.44. The van der Waals surface area contributed by atoms with Crippen LogP contribution in [0.25, 0.3) is 22.1 Å². The second-order valence-corrected chi connectivity index (χ2v) is 6.92. The molecule has 0 bridgehead atoms. The standard InChI is InChI=1S/C25H22O5/c1-16-22-12-11-21(29-15-17-5-4-6-20(13-17)28-3)14-23(22)30-25(26)24(16)18-7-9-19(27-2)10-8-18/h4-14H,15H2,1-3H3. The molecule has 30 heavy (non-hydrogen) atoms. The summed E-state index contributed by atoms with van der Waals surface area (Å²) >= 11 is 0. The van der Waals surface area contributed by atoms with Crippen LogP contribution in [0.15, 0.2) is 75.9 Å². The molecule has 0 saturated carbocycles. The minimum Gasteiger partial charge on any atom is -0.497 e. The summed E-state index contributed by atoms with van der Waals surface area (Å²) in [5.74, 6) is 2.15. The van der Waals surface area contributed by atoms with Crippen molar-refractivity contribution in [1.82, 2.24) is 0 Å². The van der Waals surface area contributed by atoms with Gasteiger partial charge in [0.15, 0.2) is 0 Å². The third-order valence-electron chi connectivity index (χ3n) is 5.06. The van der Waals surface area contributed by atoms with Crippen LogP contribution in [0.5, 0.6) is 17.2 Å². The Morgan fingerprint density at radius 3 is 2.30 bits per heavy atom. The lowest BCUT2D eigenvalue weighted by atomic mass is 9.99. The van der Waals surface area contributed by atoms with Gasteiger partial charge in [-0.25, -0.2) is 4.79 Å². The van der Waals surface area contributed by atoms with Crippen LogP contribution < -0.4 is 19.8 Å². The summed E-state index contributed by atoms with van der Waals surface area (Å²) in [5, 5.41) is 0.870. The first kappa shape index (κ1) is 19.6. The second kappa shape index (κ2) is 8.33. The summed E-state index contributed by atoms with van der Waals surface area (Å²) in [6, 6.07) is 20.6. The van der Waals surface area contributed by atoms with Crippen LogP contribution in [-0.2, 0) is 6.61 Å². The molecule has 0 amide bonds. The molecule has 4 aromatic rings. The Balaban J connectivity index is 1.64. The molecule has 1 aromatic heterocycles. The largest absolute Gasteiger partial charge is 0.497 e. The molecule has 0 unspecified atom stereocenters. The molecule has 3 aromatic carbocycles. The van der Waals surface area contributed by atoms with Crippen LogP contribution >= 0.6 is 0 Å². The van der Waals surface area contributed by atoms with E-state index in [2.05, 4.69) is 0 Å². The molecule has 0 aliphatic carbocycles. The normalized spacial score (nSPS) is 10.8. The fourth-order valence-electron chi connectivity index (χ4n) is 3.45. The Labute approximate surface area is 174 Å². The maximum Gasteiger partial charge on any atom is 0.344 e. The van der Waals surface area contributed by atoms with Crippen molar-refractivity contribution >= 4 is 11.0 Å². The third-order valence-corrected chi connectivity index (χ3v) is 5.06. The van der Waals surface area contributed by atoms with E-state index in [4.69, 9.17) is 18.6 Å². The topological polar surface area (TPSA) is 57.9 Å². The van der Waals surface area contributed by atoms with E-state index in [1.54, 1.807) is 20.3 Å². The summed E-state index contributed by atoms with van der Waals surface area (Å²) in [4.78, 5) is 12.7. The zero-order valence-corrected chi connectivity index (χ0v) is 17.1. The lowest BCUT2D eigenvalue weighted by Crippen LogP contribution is -2.06. The molecule has 5 heteroatoms. The minimum atomic E-state index is -0.380. The fraction of sp³-hybridized carbons (Fsp3) is 0.160. The smallest absolute Gasteiger partial charge is 0.344 e. The Morgan fingerprint density at radius 2 is 1.57 bits per heavy atom. The predicted molar refractivity (Wildman–Crippen MR) is 117 cm³/mol. The number of aryl methyl sites for hydroxylation is 1. The van der Waals surface area contributed by atoms with Gasteiger partial charge in [0.25, 0.3) is 0 Å². The SMILES string of the molecule is COc1ccc(-c2c(C)c3ccc(OCc4cccc(OC)c4)cc3oc2=O)cc1. The average molecular weight is 402 g/mol. The maximum atomic E-state index is 12.7. The van der Waals surface area contributed by atoms with Gasteiger partial charge in [-0.1, -0.05) is 24.3 Å². The molecule has 0 aliphatic rings. The molecule has 0 N–H and O–H groups in total. The molecule has 0 aliphatic heterocycles. The van der Waals surface area contributed by atoms with E-state index in [1.807, 2.05) is 67.6 Å². The molecule has 0 saturated heterocycles. The van der Waals surface area contributed by atoms with Gasteiger partial charge >= 0.3 is 5.63 Å². The molecule has 0 spiro atoms. The number of ether oxygens (including phenoxy) is 3. The van der Waals surface area contributed by atoms with Crippen LogP contribution in [-0.4, -0.2) is 14.2 Å². The maximum absolute atomic E-state index is 12.7. The summed E-state index contributed by atoms with van der Waals surface area (Å²) in [7, 11) is 3.24. The van der Waals surface area contributed by atoms with Crippen molar-refractivity contribution in [2.75, 3.05) is 14.2 Å². The minimum absolute atomic E-state index is 0.380. The van der Waals surface area contributed by atoms with Crippen molar-refractivity contribution in [2.45, 2.75) is 13.5 Å². The second-order valence-electron chi connectivity index (χ2n) is 6.92. The fourth-order valence-corrected chi connectivity index (χ4v) is 3.45. The van der Waals surface area contributed by atoms with E-state index in [0.29, 0.717) is 23.5 Å². The molecule has 5 nitrogen and oxygen atoms in total. The molecule has 0 radical (unpaired) electrons. The van der Waals surface area contributed by atoms with Gasteiger partial charge in [-0.05, 0) is 60.0 Å². The van der Waals surface area contributed by atoms with Crippen LogP contribution in [0.2, 0.25) is 0 Å². The van der Waals surface area contributed by atoms with Crippen LogP contribution in [0.3, 0.4) is 0 Å². The Hall–Kier alpha value is -3.73. The highest BCUT2D eigenvalue weighted by atomic mass is 16.5. The van der Waals surface area contributed by atoms with Crippen molar-refractivity contribution in [3.63, 3.8) is 0 Å². The molecule has 4 rings (SSSR count). The average Bonchev–Trinajstić information content (AvgIpc) is 2.78. The number of hydrogen-bond donors (Lipinski definition) is 0. The van der Waals surface area contributed by atoms with Gasteiger partial charge in [-0.2, -0.15) is 0 Å². The highest BCUT2D eigenvalue weighted by Gasteiger charge is 2.14. The number of fused-ring (bicyclic) bond motifs is 1. The summed E-state index contributed by atoms with van der Waals surface area (Å²) < 4.78 is 21.9. The van der Waals surface area contributed by atoms with Crippen LogP contribution in [0.1, 0.15) is 11.1 Å². The van der Waals surface area contributed by atoms with E-state index in [0.717, 1.165) is 33.6 Å². The molecule has 1 heterocycles. The quantitative estimate of drug-likeness (QED) is 0.406. The van der Waals surface area contributed by atoms with E-state index >= 15 is 0 Å². The third kappa shape index (κ3) is 3.87. The number of benzene rings is 3. The van der Waals surface area contributed by atoms with Gasteiger partial charge in [0.05, 0.1) is 19.8 Å². The molecule has 152 valence electrons. The van der Waals surface area contributed by atoms with Gasteiger partial charge < -0.3 is 18.6 Å². The van der Waals surface area contributed by atoms with Crippen molar-refractivity contribution < 1.29 is 18.6 Å². The first-order valence-electron chi connectivity index (χ1n) is 9.56. The molecular weight excluding hydrogens is 380 g/mol. The van der Waals surface area contributed by atoms with Crippen LogP contribution in [0.4, 0.5) is 0 Å². The summed E-state index contributed by atoms with van der Waals surface area (Å²) in [6.07, 6.45) is 0. The van der Waals surface area contributed by atoms with E-state index < -0.39 is 0 Å². The Morgan fingerprint density at radius 1 is 0.833 bits per heavy atom. The Bertz CT molecular complexity index is 1240. The molecule has 0 atom stereocenters. The van der Waals surface area contributed by atoms with E-state index in [9.17, 15) is 4.79 Å². The zero-order valence-electron chi connectivity index (χ0n) is 17.1. The number of rotatable bonds is 6.